The van der Waals surface area contributed by atoms with Crippen LogP contribution in [0.4, 0.5) is 0 Å². The largest absolute Gasteiger partial charge is 0.481 e. The number of likely N-dealkylation sites (N-methyl/N-ethyl adjacent to an activating group) is 1. The SMILES string of the molecule is CCN(C(=O)C=Cc1ccc(C)cc1C)C(C)CC(=O)O. The summed E-state index contributed by atoms with van der Waals surface area (Å²) in [5.41, 5.74) is 3.29. The van der Waals surface area contributed by atoms with Gasteiger partial charge in [0.25, 0.3) is 0 Å². The van der Waals surface area contributed by atoms with Gasteiger partial charge in [-0.1, -0.05) is 23.8 Å². The van der Waals surface area contributed by atoms with Crippen LogP contribution in [0, 0.1) is 13.8 Å². The molecular formula is C17H23NO3. The van der Waals surface area contributed by atoms with Crippen molar-refractivity contribution in [3.05, 3.63) is 41.0 Å². The van der Waals surface area contributed by atoms with Crippen LogP contribution in [-0.2, 0) is 9.59 Å². The maximum atomic E-state index is 12.2. The van der Waals surface area contributed by atoms with Crippen molar-refractivity contribution in [1.29, 1.82) is 0 Å². The second-order valence-electron chi connectivity index (χ2n) is 5.26. The number of carboxylic acid groups (broad SMARTS) is 1. The molecule has 114 valence electrons. The molecule has 1 unspecified atom stereocenters. The van der Waals surface area contributed by atoms with Gasteiger partial charge in [-0.15, -0.1) is 0 Å². The summed E-state index contributed by atoms with van der Waals surface area (Å²) >= 11 is 0. The standard InChI is InChI=1S/C17H23NO3/c1-5-18(14(4)11-17(20)21)16(19)9-8-15-7-6-12(2)10-13(15)3/h6-10,14H,5,11H2,1-4H3,(H,20,21). The van der Waals surface area contributed by atoms with E-state index in [0.717, 1.165) is 11.1 Å². The number of aliphatic carboxylic acids is 1. The first-order chi connectivity index (χ1) is 9.85. The molecule has 1 atom stereocenters. The van der Waals surface area contributed by atoms with Crippen molar-refractivity contribution in [2.75, 3.05) is 6.54 Å². The topological polar surface area (TPSA) is 57.6 Å². The average Bonchev–Trinajstić information content (AvgIpc) is 2.37. The fourth-order valence-electron chi connectivity index (χ4n) is 2.32. The van der Waals surface area contributed by atoms with Crippen LogP contribution < -0.4 is 0 Å². The third kappa shape index (κ3) is 5.06. The van der Waals surface area contributed by atoms with Gasteiger partial charge in [-0.2, -0.15) is 0 Å². The van der Waals surface area contributed by atoms with Gasteiger partial charge in [0.1, 0.15) is 0 Å². The van der Waals surface area contributed by atoms with E-state index < -0.39 is 5.97 Å². The highest BCUT2D eigenvalue weighted by atomic mass is 16.4. The van der Waals surface area contributed by atoms with E-state index in [1.807, 2.05) is 32.9 Å². The van der Waals surface area contributed by atoms with Gasteiger partial charge in [0.05, 0.1) is 6.42 Å². The summed E-state index contributed by atoms with van der Waals surface area (Å²) in [5.74, 6) is -1.06. The van der Waals surface area contributed by atoms with Gasteiger partial charge in [-0.25, -0.2) is 0 Å². The Morgan fingerprint density at radius 1 is 1.33 bits per heavy atom. The Hall–Kier alpha value is -2.10. The Morgan fingerprint density at radius 3 is 2.52 bits per heavy atom. The van der Waals surface area contributed by atoms with Crippen LogP contribution in [-0.4, -0.2) is 34.5 Å². The molecule has 1 amide bonds. The number of carbonyl (C=O) groups excluding carboxylic acids is 1. The number of amides is 1. The van der Waals surface area contributed by atoms with Gasteiger partial charge in [0, 0.05) is 18.7 Å². The highest BCUT2D eigenvalue weighted by Crippen LogP contribution is 2.13. The smallest absolute Gasteiger partial charge is 0.305 e. The molecular weight excluding hydrogens is 266 g/mol. The van der Waals surface area contributed by atoms with E-state index in [0.29, 0.717) is 6.54 Å². The lowest BCUT2D eigenvalue weighted by atomic mass is 10.1. The molecule has 1 aromatic rings. The Morgan fingerprint density at radius 2 is 2.00 bits per heavy atom. The minimum absolute atomic E-state index is 0.0447. The lowest BCUT2D eigenvalue weighted by Crippen LogP contribution is -2.38. The van der Waals surface area contributed by atoms with E-state index in [1.165, 1.54) is 11.6 Å². The quantitative estimate of drug-likeness (QED) is 0.819. The fraction of sp³-hybridized carbons (Fsp3) is 0.412. The molecule has 0 fully saturated rings. The van der Waals surface area contributed by atoms with Gasteiger partial charge < -0.3 is 10.0 Å². The molecule has 0 aliphatic heterocycles. The Labute approximate surface area is 126 Å². The third-order valence-electron chi connectivity index (χ3n) is 3.46. The number of nitrogens with zero attached hydrogens (tertiary/aromatic N) is 1. The molecule has 1 aromatic carbocycles. The summed E-state index contributed by atoms with van der Waals surface area (Å²) in [6.07, 6.45) is 3.25. The molecule has 4 heteroatoms. The van der Waals surface area contributed by atoms with E-state index in [9.17, 15) is 9.59 Å². The number of hydrogen-bond donors (Lipinski definition) is 1. The molecule has 0 heterocycles. The third-order valence-corrected chi connectivity index (χ3v) is 3.46. The minimum atomic E-state index is -0.896. The highest BCUT2D eigenvalue weighted by Gasteiger charge is 2.18. The number of rotatable bonds is 6. The molecule has 1 N–H and O–H groups in total. The van der Waals surface area contributed by atoms with Crippen LogP contribution in [0.1, 0.15) is 37.0 Å². The van der Waals surface area contributed by atoms with Gasteiger partial charge >= 0.3 is 5.97 Å². The lowest BCUT2D eigenvalue weighted by molar-refractivity contribution is -0.139. The second-order valence-corrected chi connectivity index (χ2v) is 5.26. The maximum absolute atomic E-state index is 12.2. The first-order valence-electron chi connectivity index (χ1n) is 7.12. The first kappa shape index (κ1) is 17.0. The molecule has 0 radical (unpaired) electrons. The number of carbonyl (C=O) groups is 2. The highest BCUT2D eigenvalue weighted by molar-refractivity contribution is 5.92. The zero-order valence-electron chi connectivity index (χ0n) is 13.1. The molecule has 1 rings (SSSR count). The van der Waals surface area contributed by atoms with Crippen LogP contribution in [0.2, 0.25) is 0 Å². The van der Waals surface area contributed by atoms with Gasteiger partial charge in [-0.05, 0) is 44.9 Å². The summed E-state index contributed by atoms with van der Waals surface area (Å²) in [6.45, 7) is 8.12. The van der Waals surface area contributed by atoms with Crippen LogP contribution in [0.15, 0.2) is 24.3 Å². The fourth-order valence-corrected chi connectivity index (χ4v) is 2.32. The Kier molecular flexibility index (Phi) is 6.15. The summed E-state index contributed by atoms with van der Waals surface area (Å²) < 4.78 is 0. The van der Waals surface area contributed by atoms with E-state index in [-0.39, 0.29) is 18.4 Å². The van der Waals surface area contributed by atoms with Crippen molar-refractivity contribution >= 4 is 18.0 Å². The Bertz CT molecular complexity index is 549. The van der Waals surface area contributed by atoms with Crippen molar-refractivity contribution in [2.24, 2.45) is 0 Å². The average molecular weight is 289 g/mol. The van der Waals surface area contributed by atoms with E-state index in [2.05, 4.69) is 6.07 Å². The molecule has 21 heavy (non-hydrogen) atoms. The van der Waals surface area contributed by atoms with Crippen molar-refractivity contribution in [1.82, 2.24) is 4.90 Å². The van der Waals surface area contributed by atoms with Crippen molar-refractivity contribution in [3.63, 3.8) is 0 Å². The zero-order chi connectivity index (χ0) is 16.0. The molecule has 0 aliphatic carbocycles. The number of carboxylic acids is 1. The molecule has 4 nitrogen and oxygen atoms in total. The summed E-state index contributed by atoms with van der Waals surface area (Å²) in [4.78, 5) is 24.5. The molecule has 0 spiro atoms. The molecule has 0 aliphatic rings. The van der Waals surface area contributed by atoms with Crippen LogP contribution in [0.5, 0.6) is 0 Å². The summed E-state index contributed by atoms with van der Waals surface area (Å²) in [6, 6.07) is 5.73. The number of benzene rings is 1. The zero-order valence-corrected chi connectivity index (χ0v) is 13.1. The first-order valence-corrected chi connectivity index (χ1v) is 7.12. The van der Waals surface area contributed by atoms with Crippen molar-refractivity contribution in [3.8, 4) is 0 Å². The monoisotopic (exact) mass is 289 g/mol. The maximum Gasteiger partial charge on any atom is 0.305 e. The normalized spacial score (nSPS) is 12.4. The van der Waals surface area contributed by atoms with Crippen molar-refractivity contribution < 1.29 is 14.7 Å². The van der Waals surface area contributed by atoms with Gasteiger partial charge in [0.15, 0.2) is 0 Å². The Balaban J connectivity index is 2.82. The minimum Gasteiger partial charge on any atom is -0.481 e. The second kappa shape index (κ2) is 7.62. The van der Waals surface area contributed by atoms with E-state index >= 15 is 0 Å². The molecule has 0 bridgehead atoms. The predicted molar refractivity (Wildman–Crippen MR) is 84.1 cm³/mol. The summed E-state index contributed by atoms with van der Waals surface area (Å²) in [7, 11) is 0. The molecule has 0 aromatic heterocycles. The van der Waals surface area contributed by atoms with Crippen LogP contribution in [0.25, 0.3) is 6.08 Å². The summed E-state index contributed by atoms with van der Waals surface area (Å²) in [5, 5.41) is 8.82. The predicted octanol–water partition coefficient (Wildman–Crippen LogP) is 3.03. The van der Waals surface area contributed by atoms with Crippen molar-refractivity contribution in [2.45, 2.75) is 40.2 Å². The molecule has 0 saturated carbocycles. The van der Waals surface area contributed by atoms with Crippen LogP contribution >= 0.6 is 0 Å². The number of aryl methyl sites for hydroxylation is 2. The van der Waals surface area contributed by atoms with Crippen LogP contribution in [0.3, 0.4) is 0 Å². The molecule has 0 saturated heterocycles. The van der Waals surface area contributed by atoms with E-state index in [4.69, 9.17) is 5.11 Å². The van der Waals surface area contributed by atoms with Gasteiger partial charge in [-0.3, -0.25) is 9.59 Å². The number of hydrogen-bond acceptors (Lipinski definition) is 2. The van der Waals surface area contributed by atoms with E-state index in [1.54, 1.807) is 17.9 Å². The van der Waals surface area contributed by atoms with Gasteiger partial charge in [0.2, 0.25) is 5.91 Å². The lowest BCUT2D eigenvalue weighted by Gasteiger charge is -2.25.